The number of hydrogen-bond acceptors (Lipinski definition) is 3. The monoisotopic (exact) mass is 231 g/mol. The molecule has 2 N–H and O–H groups in total. The molecule has 0 aliphatic heterocycles. The van der Waals surface area contributed by atoms with Crippen LogP contribution in [0.3, 0.4) is 0 Å². The maximum atomic E-state index is 11.8. The first-order valence-electron chi connectivity index (χ1n) is 5.38. The van der Waals surface area contributed by atoms with E-state index >= 15 is 0 Å². The predicted octanol–water partition coefficient (Wildman–Crippen LogP) is 2.80. The van der Waals surface area contributed by atoms with Crippen molar-refractivity contribution >= 4 is 11.6 Å². The minimum atomic E-state index is -0.369. The number of nitrogens with one attached hydrogen (secondary N) is 1. The zero-order chi connectivity index (χ0) is 12.3. The van der Waals surface area contributed by atoms with Crippen LogP contribution in [0.1, 0.15) is 23.2 Å². The van der Waals surface area contributed by atoms with Gasteiger partial charge in [0.1, 0.15) is 11.5 Å². The summed E-state index contributed by atoms with van der Waals surface area (Å²) < 4.78 is 5.31. The average Bonchev–Trinajstić information content (AvgIpc) is 2.81. The molecule has 2 rings (SSSR count). The second-order valence-corrected chi connectivity index (χ2v) is 3.59. The highest BCUT2D eigenvalue weighted by Gasteiger charge is 2.12. The van der Waals surface area contributed by atoms with E-state index in [1.807, 2.05) is 6.92 Å². The fourth-order valence-electron chi connectivity index (χ4n) is 1.45. The molecule has 0 unspecified atom stereocenters. The van der Waals surface area contributed by atoms with Gasteiger partial charge in [-0.25, -0.2) is 0 Å². The molecular weight excluding hydrogens is 218 g/mol. The lowest BCUT2D eigenvalue weighted by Crippen LogP contribution is -2.10. The van der Waals surface area contributed by atoms with Crippen LogP contribution in [-0.2, 0) is 6.42 Å². The predicted molar refractivity (Wildman–Crippen MR) is 64.1 cm³/mol. The number of para-hydroxylation sites is 2. The van der Waals surface area contributed by atoms with Crippen molar-refractivity contribution in [2.24, 2.45) is 0 Å². The first-order chi connectivity index (χ1) is 8.20. The number of aromatic hydroxyl groups is 1. The number of phenolic OH excluding ortho intramolecular Hbond substituents is 1. The summed E-state index contributed by atoms with van der Waals surface area (Å²) in [5, 5.41) is 12.1. The number of phenols is 1. The molecule has 0 saturated heterocycles. The van der Waals surface area contributed by atoms with Crippen LogP contribution in [0.25, 0.3) is 0 Å². The lowest BCUT2D eigenvalue weighted by Gasteiger charge is -2.04. The Balaban J connectivity index is 2.14. The Kier molecular flexibility index (Phi) is 3.14. The second-order valence-electron chi connectivity index (χ2n) is 3.59. The first-order valence-corrected chi connectivity index (χ1v) is 5.38. The summed E-state index contributed by atoms with van der Waals surface area (Å²) in [5.41, 5.74) is 0.368. The second kappa shape index (κ2) is 4.74. The third kappa shape index (κ3) is 2.47. The van der Waals surface area contributed by atoms with Crippen LogP contribution in [0.5, 0.6) is 5.75 Å². The summed E-state index contributed by atoms with van der Waals surface area (Å²) in [6, 6.07) is 9.93. The molecule has 1 amide bonds. The standard InChI is InChI=1S/C13H13NO3/c1-2-9-7-8-12(17-9)13(16)14-10-5-3-4-6-11(10)15/h3-8,15H,2H2,1H3,(H,14,16). The summed E-state index contributed by atoms with van der Waals surface area (Å²) in [5.74, 6) is 0.659. The van der Waals surface area contributed by atoms with Crippen LogP contribution >= 0.6 is 0 Å². The summed E-state index contributed by atoms with van der Waals surface area (Å²) in [6.07, 6.45) is 0.740. The zero-order valence-corrected chi connectivity index (χ0v) is 9.43. The number of aryl methyl sites for hydroxylation is 1. The van der Waals surface area contributed by atoms with Crippen LogP contribution < -0.4 is 5.32 Å². The van der Waals surface area contributed by atoms with Gasteiger partial charge in [0.15, 0.2) is 5.76 Å². The fraction of sp³-hybridized carbons (Fsp3) is 0.154. The number of benzene rings is 1. The van der Waals surface area contributed by atoms with Crippen LogP contribution in [0.2, 0.25) is 0 Å². The van der Waals surface area contributed by atoms with Crippen LogP contribution in [0, 0.1) is 0 Å². The molecule has 1 heterocycles. The van der Waals surface area contributed by atoms with Crippen molar-refractivity contribution in [3.05, 3.63) is 47.9 Å². The number of amides is 1. The Morgan fingerprint density at radius 2 is 2.06 bits per heavy atom. The van der Waals surface area contributed by atoms with Crippen molar-refractivity contribution < 1.29 is 14.3 Å². The van der Waals surface area contributed by atoms with Gasteiger partial charge in [-0.2, -0.15) is 0 Å². The Morgan fingerprint density at radius 1 is 1.29 bits per heavy atom. The topological polar surface area (TPSA) is 62.5 Å². The number of carbonyl (C=O) groups excluding carboxylic acids is 1. The van der Waals surface area contributed by atoms with Crippen molar-refractivity contribution in [2.45, 2.75) is 13.3 Å². The van der Waals surface area contributed by atoms with Gasteiger partial charge in [0.05, 0.1) is 5.69 Å². The largest absolute Gasteiger partial charge is 0.506 e. The molecule has 4 heteroatoms. The van der Waals surface area contributed by atoms with Gasteiger partial charge in [0, 0.05) is 6.42 Å². The molecule has 0 aliphatic carbocycles. The molecule has 1 aromatic carbocycles. The van der Waals surface area contributed by atoms with Crippen molar-refractivity contribution in [1.29, 1.82) is 0 Å². The number of rotatable bonds is 3. The van der Waals surface area contributed by atoms with E-state index in [-0.39, 0.29) is 17.4 Å². The highest BCUT2D eigenvalue weighted by molar-refractivity contribution is 6.03. The highest BCUT2D eigenvalue weighted by Crippen LogP contribution is 2.22. The molecular formula is C13H13NO3. The first kappa shape index (κ1) is 11.3. The Morgan fingerprint density at radius 3 is 2.71 bits per heavy atom. The van der Waals surface area contributed by atoms with Crippen molar-refractivity contribution in [3.8, 4) is 5.75 Å². The van der Waals surface area contributed by atoms with Gasteiger partial charge in [0.2, 0.25) is 0 Å². The summed E-state index contributed by atoms with van der Waals surface area (Å²) in [6.45, 7) is 1.95. The number of furan rings is 1. The molecule has 1 aromatic heterocycles. The zero-order valence-electron chi connectivity index (χ0n) is 9.43. The highest BCUT2D eigenvalue weighted by atomic mass is 16.3. The summed E-state index contributed by atoms with van der Waals surface area (Å²) in [4.78, 5) is 11.8. The number of carbonyl (C=O) groups is 1. The smallest absolute Gasteiger partial charge is 0.291 e. The van der Waals surface area contributed by atoms with E-state index in [4.69, 9.17) is 4.42 Å². The lowest BCUT2D eigenvalue weighted by molar-refractivity contribution is 0.0994. The average molecular weight is 231 g/mol. The lowest BCUT2D eigenvalue weighted by atomic mass is 10.3. The summed E-state index contributed by atoms with van der Waals surface area (Å²) >= 11 is 0. The SMILES string of the molecule is CCc1ccc(C(=O)Nc2ccccc2O)o1. The van der Waals surface area contributed by atoms with Crippen LogP contribution in [0.4, 0.5) is 5.69 Å². The van der Waals surface area contributed by atoms with E-state index in [0.717, 1.165) is 12.2 Å². The van der Waals surface area contributed by atoms with Crippen molar-refractivity contribution in [2.75, 3.05) is 5.32 Å². The van der Waals surface area contributed by atoms with Gasteiger partial charge in [-0.3, -0.25) is 4.79 Å². The normalized spacial score (nSPS) is 10.2. The van der Waals surface area contributed by atoms with Gasteiger partial charge in [0.25, 0.3) is 5.91 Å². The van der Waals surface area contributed by atoms with E-state index < -0.39 is 0 Å². The minimum Gasteiger partial charge on any atom is -0.506 e. The molecule has 0 atom stereocenters. The van der Waals surface area contributed by atoms with Gasteiger partial charge in [-0.1, -0.05) is 19.1 Å². The van der Waals surface area contributed by atoms with E-state index in [1.165, 1.54) is 6.07 Å². The Bertz CT molecular complexity index is 531. The minimum absolute atomic E-state index is 0.0307. The Hall–Kier alpha value is -2.23. The van der Waals surface area contributed by atoms with Gasteiger partial charge in [-0.05, 0) is 24.3 Å². The fourth-order valence-corrected chi connectivity index (χ4v) is 1.45. The molecule has 0 aliphatic rings. The molecule has 88 valence electrons. The van der Waals surface area contributed by atoms with E-state index in [0.29, 0.717) is 5.69 Å². The quantitative estimate of drug-likeness (QED) is 0.798. The van der Waals surface area contributed by atoms with E-state index in [9.17, 15) is 9.90 Å². The van der Waals surface area contributed by atoms with E-state index in [2.05, 4.69) is 5.32 Å². The molecule has 0 fully saturated rings. The van der Waals surface area contributed by atoms with Crippen molar-refractivity contribution in [1.82, 2.24) is 0 Å². The number of hydrogen-bond donors (Lipinski definition) is 2. The molecule has 0 spiro atoms. The maximum Gasteiger partial charge on any atom is 0.291 e. The molecule has 17 heavy (non-hydrogen) atoms. The third-order valence-corrected chi connectivity index (χ3v) is 2.39. The van der Waals surface area contributed by atoms with Crippen molar-refractivity contribution in [3.63, 3.8) is 0 Å². The van der Waals surface area contributed by atoms with E-state index in [1.54, 1.807) is 30.3 Å². The van der Waals surface area contributed by atoms with Crippen LogP contribution in [-0.4, -0.2) is 11.0 Å². The molecule has 2 aromatic rings. The number of anilines is 1. The van der Waals surface area contributed by atoms with Gasteiger partial charge in [-0.15, -0.1) is 0 Å². The Labute approximate surface area is 98.9 Å². The van der Waals surface area contributed by atoms with Gasteiger partial charge < -0.3 is 14.8 Å². The third-order valence-electron chi connectivity index (χ3n) is 2.39. The molecule has 0 saturated carbocycles. The van der Waals surface area contributed by atoms with Gasteiger partial charge >= 0.3 is 0 Å². The molecule has 0 bridgehead atoms. The molecule has 4 nitrogen and oxygen atoms in total. The summed E-state index contributed by atoms with van der Waals surface area (Å²) in [7, 11) is 0. The maximum absolute atomic E-state index is 11.8. The molecule has 0 radical (unpaired) electrons. The van der Waals surface area contributed by atoms with Crippen LogP contribution in [0.15, 0.2) is 40.8 Å².